The van der Waals surface area contributed by atoms with Crippen LogP contribution in [0.4, 0.5) is 0 Å². The molecule has 82 valence electrons. The molecular formula is C12H22ClN. The molecule has 0 aromatic heterocycles. The quantitative estimate of drug-likeness (QED) is 0.431. The van der Waals surface area contributed by atoms with Gasteiger partial charge < -0.3 is 5.32 Å². The number of halogens is 1. The monoisotopic (exact) mass is 215 g/mol. The van der Waals surface area contributed by atoms with E-state index in [4.69, 9.17) is 11.6 Å². The molecule has 2 atom stereocenters. The van der Waals surface area contributed by atoms with Gasteiger partial charge in [0.25, 0.3) is 0 Å². The average Bonchev–Trinajstić information content (AvgIpc) is 2.39. The number of alkyl halides is 1. The molecule has 0 bridgehead atoms. The molecule has 1 fully saturated rings. The van der Waals surface area contributed by atoms with Gasteiger partial charge in [0.15, 0.2) is 0 Å². The van der Waals surface area contributed by atoms with Crippen LogP contribution in [-0.2, 0) is 0 Å². The van der Waals surface area contributed by atoms with Gasteiger partial charge >= 0.3 is 0 Å². The Bertz CT molecular complexity index is 168. The second kappa shape index (κ2) is 7.30. The van der Waals surface area contributed by atoms with Crippen LogP contribution in [0.2, 0.25) is 0 Å². The van der Waals surface area contributed by atoms with E-state index in [1.165, 1.54) is 32.1 Å². The standard InChI is InChI=1S/C12H22ClN/c1-11-7-3-2-4-8-12(11)14-10-6-5-9-13/h5-6,11-12,14H,2-4,7-10H2,1H3/b6-5+. The van der Waals surface area contributed by atoms with Gasteiger partial charge in [-0.15, -0.1) is 11.6 Å². The number of hydrogen-bond donors (Lipinski definition) is 1. The Hall–Kier alpha value is -0.0100. The molecular weight excluding hydrogens is 194 g/mol. The minimum absolute atomic E-state index is 0.627. The first kappa shape index (κ1) is 12.1. The van der Waals surface area contributed by atoms with Crippen LogP contribution in [0.1, 0.15) is 39.0 Å². The lowest BCUT2D eigenvalue weighted by molar-refractivity contribution is 0.369. The lowest BCUT2D eigenvalue weighted by atomic mass is 9.97. The molecule has 0 aromatic carbocycles. The number of allylic oxidation sites excluding steroid dienone is 1. The molecule has 1 N–H and O–H groups in total. The van der Waals surface area contributed by atoms with Crippen molar-refractivity contribution in [1.29, 1.82) is 0 Å². The predicted octanol–water partition coefficient (Wildman–Crippen LogP) is 3.34. The molecule has 14 heavy (non-hydrogen) atoms. The van der Waals surface area contributed by atoms with Crippen molar-refractivity contribution in [3.05, 3.63) is 12.2 Å². The Morgan fingerprint density at radius 2 is 2.00 bits per heavy atom. The van der Waals surface area contributed by atoms with Crippen molar-refractivity contribution in [2.45, 2.75) is 45.1 Å². The Balaban J connectivity index is 2.22. The van der Waals surface area contributed by atoms with Crippen LogP contribution in [0.3, 0.4) is 0 Å². The minimum atomic E-state index is 0.627. The zero-order valence-electron chi connectivity index (χ0n) is 9.14. The van der Waals surface area contributed by atoms with Crippen LogP contribution in [0.15, 0.2) is 12.2 Å². The van der Waals surface area contributed by atoms with Crippen molar-refractivity contribution in [2.75, 3.05) is 12.4 Å². The van der Waals surface area contributed by atoms with E-state index in [1.807, 2.05) is 6.08 Å². The average molecular weight is 216 g/mol. The van der Waals surface area contributed by atoms with E-state index in [1.54, 1.807) is 0 Å². The van der Waals surface area contributed by atoms with Crippen molar-refractivity contribution in [1.82, 2.24) is 5.32 Å². The van der Waals surface area contributed by atoms with Crippen molar-refractivity contribution in [3.63, 3.8) is 0 Å². The Morgan fingerprint density at radius 3 is 2.79 bits per heavy atom. The maximum atomic E-state index is 5.56. The number of nitrogens with one attached hydrogen (secondary N) is 1. The van der Waals surface area contributed by atoms with Crippen LogP contribution < -0.4 is 5.32 Å². The van der Waals surface area contributed by atoms with Crippen LogP contribution in [0, 0.1) is 5.92 Å². The SMILES string of the molecule is CC1CCCCCC1NC/C=C/CCl. The van der Waals surface area contributed by atoms with Crippen molar-refractivity contribution < 1.29 is 0 Å². The maximum Gasteiger partial charge on any atom is 0.0404 e. The van der Waals surface area contributed by atoms with Crippen LogP contribution in [0.25, 0.3) is 0 Å². The summed E-state index contributed by atoms with van der Waals surface area (Å²) in [6.45, 7) is 3.34. The van der Waals surface area contributed by atoms with Crippen molar-refractivity contribution >= 4 is 11.6 Å². The highest BCUT2D eigenvalue weighted by molar-refractivity contribution is 6.18. The Kier molecular flexibility index (Phi) is 6.29. The molecule has 0 heterocycles. The second-order valence-corrected chi connectivity index (χ2v) is 4.56. The van der Waals surface area contributed by atoms with E-state index in [0.29, 0.717) is 5.88 Å². The summed E-state index contributed by atoms with van der Waals surface area (Å²) in [6.07, 6.45) is 11.1. The van der Waals surface area contributed by atoms with Gasteiger partial charge in [-0.05, 0) is 18.8 Å². The third kappa shape index (κ3) is 4.47. The summed E-state index contributed by atoms with van der Waals surface area (Å²) in [7, 11) is 0. The fourth-order valence-corrected chi connectivity index (χ4v) is 2.29. The number of hydrogen-bond acceptors (Lipinski definition) is 1. The first-order valence-electron chi connectivity index (χ1n) is 5.79. The molecule has 1 aliphatic rings. The molecule has 1 nitrogen and oxygen atoms in total. The van der Waals surface area contributed by atoms with E-state index in [0.717, 1.165) is 18.5 Å². The molecule has 0 aromatic rings. The zero-order valence-corrected chi connectivity index (χ0v) is 9.89. The molecule has 1 aliphatic carbocycles. The lowest BCUT2D eigenvalue weighted by Crippen LogP contribution is -2.34. The molecule has 1 rings (SSSR count). The predicted molar refractivity (Wildman–Crippen MR) is 63.9 cm³/mol. The van der Waals surface area contributed by atoms with Gasteiger partial charge in [0.2, 0.25) is 0 Å². The molecule has 0 saturated heterocycles. The first-order valence-corrected chi connectivity index (χ1v) is 6.32. The van der Waals surface area contributed by atoms with Crippen LogP contribution in [-0.4, -0.2) is 18.5 Å². The molecule has 0 amide bonds. The maximum absolute atomic E-state index is 5.56. The van der Waals surface area contributed by atoms with Crippen molar-refractivity contribution in [2.24, 2.45) is 5.92 Å². The first-order chi connectivity index (χ1) is 6.84. The van der Waals surface area contributed by atoms with Crippen LogP contribution in [0.5, 0.6) is 0 Å². The summed E-state index contributed by atoms with van der Waals surface area (Å²) >= 11 is 5.56. The zero-order chi connectivity index (χ0) is 10.2. The summed E-state index contributed by atoms with van der Waals surface area (Å²) < 4.78 is 0. The van der Waals surface area contributed by atoms with E-state index >= 15 is 0 Å². The number of rotatable bonds is 4. The summed E-state index contributed by atoms with van der Waals surface area (Å²) in [5.74, 6) is 1.46. The van der Waals surface area contributed by atoms with Gasteiger partial charge in [-0.25, -0.2) is 0 Å². The summed E-state index contributed by atoms with van der Waals surface area (Å²) in [5, 5.41) is 3.60. The van der Waals surface area contributed by atoms with E-state index < -0.39 is 0 Å². The van der Waals surface area contributed by atoms with Gasteiger partial charge in [0.05, 0.1) is 0 Å². The fourth-order valence-electron chi connectivity index (χ4n) is 2.16. The summed E-state index contributed by atoms with van der Waals surface area (Å²) in [4.78, 5) is 0. The Morgan fingerprint density at radius 1 is 1.21 bits per heavy atom. The van der Waals surface area contributed by atoms with E-state index in [-0.39, 0.29) is 0 Å². The van der Waals surface area contributed by atoms with Crippen molar-refractivity contribution in [3.8, 4) is 0 Å². The fraction of sp³-hybridized carbons (Fsp3) is 0.833. The van der Waals surface area contributed by atoms with Gasteiger partial charge in [0, 0.05) is 18.5 Å². The van der Waals surface area contributed by atoms with E-state index in [9.17, 15) is 0 Å². The topological polar surface area (TPSA) is 12.0 Å². The van der Waals surface area contributed by atoms with E-state index in [2.05, 4.69) is 18.3 Å². The molecule has 0 radical (unpaired) electrons. The smallest absolute Gasteiger partial charge is 0.0404 e. The second-order valence-electron chi connectivity index (χ2n) is 4.26. The molecule has 0 spiro atoms. The van der Waals surface area contributed by atoms with Gasteiger partial charge in [0.1, 0.15) is 0 Å². The van der Waals surface area contributed by atoms with Gasteiger partial charge in [-0.1, -0.05) is 38.3 Å². The summed E-state index contributed by atoms with van der Waals surface area (Å²) in [6, 6.07) is 0.720. The highest BCUT2D eigenvalue weighted by Gasteiger charge is 2.18. The third-order valence-electron chi connectivity index (χ3n) is 3.12. The third-order valence-corrected chi connectivity index (χ3v) is 3.29. The van der Waals surface area contributed by atoms with Gasteiger partial charge in [-0.2, -0.15) is 0 Å². The van der Waals surface area contributed by atoms with Crippen LogP contribution >= 0.6 is 11.6 Å². The normalized spacial score (nSPS) is 29.3. The lowest BCUT2D eigenvalue weighted by Gasteiger charge is -2.22. The highest BCUT2D eigenvalue weighted by atomic mass is 35.5. The summed E-state index contributed by atoms with van der Waals surface area (Å²) in [5.41, 5.74) is 0. The Labute approximate surface area is 92.9 Å². The van der Waals surface area contributed by atoms with Gasteiger partial charge in [-0.3, -0.25) is 0 Å². The molecule has 2 unspecified atom stereocenters. The molecule has 1 saturated carbocycles. The minimum Gasteiger partial charge on any atom is -0.310 e. The largest absolute Gasteiger partial charge is 0.310 e. The highest BCUT2D eigenvalue weighted by Crippen LogP contribution is 2.22. The molecule has 2 heteroatoms. The molecule has 0 aliphatic heterocycles.